The zero-order valence-corrected chi connectivity index (χ0v) is 19.9. The van der Waals surface area contributed by atoms with Crippen molar-refractivity contribution < 1.29 is 23.1 Å². The van der Waals surface area contributed by atoms with Gasteiger partial charge in [0.05, 0.1) is 17.2 Å². The first-order valence-electron chi connectivity index (χ1n) is 11.0. The van der Waals surface area contributed by atoms with Gasteiger partial charge in [-0.25, -0.2) is 9.52 Å². The predicted molar refractivity (Wildman–Crippen MR) is 129 cm³/mol. The maximum Gasteiger partial charge on any atom is 0.419 e. The van der Waals surface area contributed by atoms with Crippen molar-refractivity contribution in [2.45, 2.75) is 19.3 Å². The van der Waals surface area contributed by atoms with Crippen LogP contribution in [0.4, 0.5) is 10.5 Å². The van der Waals surface area contributed by atoms with E-state index in [1.807, 2.05) is 43.0 Å². The summed E-state index contributed by atoms with van der Waals surface area (Å²) in [6.45, 7) is 5.11. The first-order chi connectivity index (χ1) is 16.5. The van der Waals surface area contributed by atoms with Crippen LogP contribution in [0.3, 0.4) is 0 Å². The van der Waals surface area contributed by atoms with Gasteiger partial charge in [-0.15, -0.1) is 0 Å². The molecule has 180 valence electrons. The summed E-state index contributed by atoms with van der Waals surface area (Å²) in [6.07, 6.45) is -1.62. The van der Waals surface area contributed by atoms with Crippen LogP contribution >= 0.6 is 0 Å². The fourth-order valence-electron chi connectivity index (χ4n) is 5.05. The van der Waals surface area contributed by atoms with Gasteiger partial charge in [-0.05, 0) is 35.9 Å². The number of anilines is 1. The van der Waals surface area contributed by atoms with Crippen LogP contribution in [0.2, 0.25) is 0 Å². The molecule has 3 N–H and O–H groups in total. The Morgan fingerprint density at radius 1 is 1.14 bits per heavy atom. The Hall–Kier alpha value is -3.88. The first kappa shape index (κ1) is 22.9. The maximum atomic E-state index is 13.5. The van der Waals surface area contributed by atoms with Gasteiger partial charge in [-0.1, -0.05) is 19.9 Å². The van der Waals surface area contributed by atoms with Crippen molar-refractivity contribution in [2.24, 2.45) is 0 Å². The standard InChI is InChI=1S/C24H23N5O5S/c1-24(2)18-12-15(28-7-9-29(10-8-28)35(33,34)27-23(31)32)4-6-16(18)21(30)20-17-5-3-14(13-25)11-19(17)26-22(20)24/h3-6,11-12,26-27H,7-10H2,1-2H3,(H,31,32). The topological polar surface area (TPSA) is 147 Å². The van der Waals surface area contributed by atoms with Crippen LogP contribution in [0, 0.1) is 11.3 Å². The van der Waals surface area contributed by atoms with Gasteiger partial charge in [0.25, 0.3) is 0 Å². The average molecular weight is 494 g/mol. The Bertz CT molecular complexity index is 1540. The molecule has 5 rings (SSSR count). The highest BCUT2D eigenvalue weighted by molar-refractivity contribution is 7.87. The van der Waals surface area contributed by atoms with E-state index in [2.05, 4.69) is 11.1 Å². The average Bonchev–Trinajstić information content (AvgIpc) is 3.22. The van der Waals surface area contributed by atoms with E-state index in [9.17, 15) is 23.3 Å². The lowest BCUT2D eigenvalue weighted by molar-refractivity contribution is 0.103. The maximum absolute atomic E-state index is 13.5. The molecule has 11 heteroatoms. The van der Waals surface area contributed by atoms with Gasteiger partial charge in [0.15, 0.2) is 5.78 Å². The minimum absolute atomic E-state index is 0.0764. The van der Waals surface area contributed by atoms with Crippen LogP contribution in [0.15, 0.2) is 36.4 Å². The van der Waals surface area contributed by atoms with Gasteiger partial charge in [0.2, 0.25) is 0 Å². The number of aromatic amines is 1. The minimum Gasteiger partial charge on any atom is -0.464 e. The molecule has 0 atom stereocenters. The zero-order chi connectivity index (χ0) is 25.1. The van der Waals surface area contributed by atoms with Crippen molar-refractivity contribution in [3.8, 4) is 6.07 Å². The molecule has 0 radical (unpaired) electrons. The van der Waals surface area contributed by atoms with Crippen molar-refractivity contribution in [3.05, 3.63) is 64.3 Å². The molecular formula is C24H23N5O5S. The van der Waals surface area contributed by atoms with E-state index in [4.69, 9.17) is 5.11 Å². The fourth-order valence-corrected chi connectivity index (χ4v) is 6.04. The molecule has 2 aliphatic rings. The molecule has 0 spiro atoms. The monoisotopic (exact) mass is 493 g/mol. The number of amides is 1. The zero-order valence-electron chi connectivity index (χ0n) is 19.1. The third-order valence-corrected chi connectivity index (χ3v) is 8.34. The molecular weight excluding hydrogens is 470 g/mol. The number of ketones is 1. The second-order valence-corrected chi connectivity index (χ2v) is 10.9. The Kier molecular flexibility index (Phi) is 5.12. The second-order valence-electron chi connectivity index (χ2n) is 9.23. The minimum atomic E-state index is -4.09. The Morgan fingerprint density at radius 2 is 1.86 bits per heavy atom. The van der Waals surface area contributed by atoms with Crippen molar-refractivity contribution >= 4 is 38.7 Å². The summed E-state index contributed by atoms with van der Waals surface area (Å²) in [5.41, 5.74) is 4.51. The van der Waals surface area contributed by atoms with Crippen molar-refractivity contribution in [2.75, 3.05) is 31.1 Å². The Labute approximate surface area is 201 Å². The van der Waals surface area contributed by atoms with Crippen molar-refractivity contribution in [1.82, 2.24) is 14.0 Å². The number of nitrogens with one attached hydrogen (secondary N) is 2. The van der Waals surface area contributed by atoms with Crippen LogP contribution in [-0.4, -0.2) is 60.9 Å². The molecule has 0 unspecified atom stereocenters. The lowest BCUT2D eigenvalue weighted by Gasteiger charge is -2.37. The van der Waals surface area contributed by atoms with Crippen molar-refractivity contribution in [3.63, 3.8) is 0 Å². The molecule has 1 amide bonds. The number of carboxylic acid groups (broad SMARTS) is 1. The van der Waals surface area contributed by atoms with E-state index in [1.54, 1.807) is 16.9 Å². The molecule has 1 aliphatic carbocycles. The number of aromatic nitrogens is 1. The molecule has 2 aromatic carbocycles. The first-order valence-corrected chi connectivity index (χ1v) is 12.5. The summed E-state index contributed by atoms with van der Waals surface area (Å²) < 4.78 is 27.0. The SMILES string of the molecule is CC1(C)c2cc(N3CCN(S(=O)(=O)NC(=O)O)CC3)ccc2C(=O)c2c1[nH]c1cc(C#N)ccc21. The molecule has 3 aromatic rings. The largest absolute Gasteiger partial charge is 0.464 e. The summed E-state index contributed by atoms with van der Waals surface area (Å²) >= 11 is 0. The van der Waals surface area contributed by atoms with Crippen LogP contribution in [0.25, 0.3) is 10.9 Å². The summed E-state index contributed by atoms with van der Waals surface area (Å²) in [4.78, 5) is 29.7. The van der Waals surface area contributed by atoms with Crippen LogP contribution in [0.1, 0.15) is 46.6 Å². The number of rotatable bonds is 3. The van der Waals surface area contributed by atoms with E-state index in [0.717, 1.165) is 32.2 Å². The van der Waals surface area contributed by atoms with Crippen LogP contribution < -0.4 is 9.62 Å². The lowest BCUT2D eigenvalue weighted by Crippen LogP contribution is -2.52. The normalized spacial score (nSPS) is 17.5. The number of carbonyl (C=O) groups is 2. The van der Waals surface area contributed by atoms with E-state index in [0.29, 0.717) is 29.8 Å². The molecule has 1 saturated heterocycles. The van der Waals surface area contributed by atoms with Crippen LogP contribution in [-0.2, 0) is 15.6 Å². The molecule has 0 bridgehead atoms. The van der Waals surface area contributed by atoms with E-state index >= 15 is 0 Å². The van der Waals surface area contributed by atoms with E-state index in [-0.39, 0.29) is 18.9 Å². The lowest BCUT2D eigenvalue weighted by atomic mass is 9.71. The van der Waals surface area contributed by atoms with E-state index < -0.39 is 21.7 Å². The Balaban J connectivity index is 1.47. The molecule has 1 aromatic heterocycles. The summed E-state index contributed by atoms with van der Waals surface area (Å²) in [5, 5.41) is 18.8. The highest BCUT2D eigenvalue weighted by Crippen LogP contribution is 2.44. The summed E-state index contributed by atoms with van der Waals surface area (Å²) in [6, 6.07) is 13.0. The number of benzene rings is 2. The molecule has 1 fully saturated rings. The number of nitriles is 1. The number of fused-ring (bicyclic) bond motifs is 4. The smallest absolute Gasteiger partial charge is 0.419 e. The number of H-pyrrole nitrogens is 1. The quantitative estimate of drug-likeness (QED) is 0.508. The fraction of sp³-hybridized carbons (Fsp3) is 0.292. The van der Waals surface area contributed by atoms with Gasteiger partial charge >= 0.3 is 16.3 Å². The summed E-state index contributed by atoms with van der Waals surface area (Å²) in [5.74, 6) is -0.0764. The van der Waals surface area contributed by atoms with Crippen molar-refractivity contribution in [1.29, 1.82) is 5.26 Å². The molecule has 35 heavy (non-hydrogen) atoms. The number of nitrogens with zero attached hydrogens (tertiary/aromatic N) is 3. The molecule has 2 heterocycles. The number of hydrogen-bond acceptors (Lipinski definition) is 6. The van der Waals surface area contributed by atoms with Gasteiger partial charge in [0, 0.05) is 59.4 Å². The second kappa shape index (κ2) is 7.83. The number of piperazine rings is 1. The highest BCUT2D eigenvalue weighted by atomic mass is 32.2. The summed E-state index contributed by atoms with van der Waals surface area (Å²) in [7, 11) is -4.09. The van der Waals surface area contributed by atoms with Gasteiger partial charge in [0.1, 0.15) is 0 Å². The molecule has 10 nitrogen and oxygen atoms in total. The van der Waals surface area contributed by atoms with Gasteiger partial charge < -0.3 is 15.0 Å². The number of carbonyl (C=O) groups excluding carboxylic acids is 1. The van der Waals surface area contributed by atoms with Gasteiger partial charge in [-0.3, -0.25) is 4.79 Å². The highest BCUT2D eigenvalue weighted by Gasteiger charge is 2.40. The molecule has 0 saturated carbocycles. The van der Waals surface area contributed by atoms with E-state index in [1.165, 1.54) is 0 Å². The third kappa shape index (κ3) is 3.62. The number of hydrogen-bond donors (Lipinski definition) is 3. The Morgan fingerprint density at radius 3 is 2.51 bits per heavy atom. The van der Waals surface area contributed by atoms with Crippen LogP contribution in [0.5, 0.6) is 0 Å². The van der Waals surface area contributed by atoms with Gasteiger partial charge in [-0.2, -0.15) is 18.0 Å². The third-order valence-electron chi connectivity index (χ3n) is 6.86. The molecule has 1 aliphatic heterocycles. The predicted octanol–water partition coefficient (Wildman–Crippen LogP) is 2.54.